The number of rotatable bonds is 9. The molecule has 0 aliphatic carbocycles. The second-order valence-corrected chi connectivity index (χ2v) is 6.10. The van der Waals surface area contributed by atoms with Crippen LogP contribution >= 0.6 is 15.9 Å². The highest BCUT2D eigenvalue weighted by Gasteiger charge is 2.09. The SMILES string of the molecule is CC(C)CCCOCC(O)CNc1c(F)cccc1Br. The van der Waals surface area contributed by atoms with Gasteiger partial charge in [0.05, 0.1) is 18.4 Å². The van der Waals surface area contributed by atoms with Gasteiger partial charge in [-0.3, -0.25) is 0 Å². The highest BCUT2D eigenvalue weighted by molar-refractivity contribution is 9.10. The standard InChI is InChI=1S/C15H23BrFNO2/c1-11(2)5-4-8-20-10-12(19)9-18-15-13(16)6-3-7-14(15)17/h3,6-7,11-12,18-19H,4-5,8-10H2,1-2H3. The van der Waals surface area contributed by atoms with Gasteiger partial charge in [-0.15, -0.1) is 0 Å². The van der Waals surface area contributed by atoms with Gasteiger partial charge < -0.3 is 15.2 Å². The number of benzene rings is 1. The summed E-state index contributed by atoms with van der Waals surface area (Å²) in [5.41, 5.74) is 0.367. The van der Waals surface area contributed by atoms with Crippen LogP contribution in [0.3, 0.4) is 0 Å². The summed E-state index contributed by atoms with van der Waals surface area (Å²) in [6, 6.07) is 4.75. The van der Waals surface area contributed by atoms with Gasteiger partial charge in [0.2, 0.25) is 0 Å². The second kappa shape index (κ2) is 9.32. The van der Waals surface area contributed by atoms with Gasteiger partial charge >= 0.3 is 0 Å². The van der Waals surface area contributed by atoms with E-state index in [0.29, 0.717) is 22.7 Å². The second-order valence-electron chi connectivity index (χ2n) is 5.24. The van der Waals surface area contributed by atoms with E-state index in [9.17, 15) is 9.50 Å². The van der Waals surface area contributed by atoms with Crippen LogP contribution in [0.25, 0.3) is 0 Å². The predicted molar refractivity (Wildman–Crippen MR) is 83.5 cm³/mol. The summed E-state index contributed by atoms with van der Waals surface area (Å²) in [5.74, 6) is 0.327. The molecule has 1 aromatic carbocycles. The molecule has 0 spiro atoms. The Labute approximate surface area is 128 Å². The third-order valence-electron chi connectivity index (χ3n) is 2.86. The topological polar surface area (TPSA) is 41.5 Å². The van der Waals surface area contributed by atoms with Gasteiger partial charge in [-0.05, 0) is 46.8 Å². The van der Waals surface area contributed by atoms with E-state index < -0.39 is 6.10 Å². The molecule has 0 aliphatic heterocycles. The third-order valence-corrected chi connectivity index (χ3v) is 3.52. The Morgan fingerprint density at radius 3 is 2.80 bits per heavy atom. The lowest BCUT2D eigenvalue weighted by Gasteiger charge is -2.15. The van der Waals surface area contributed by atoms with E-state index in [1.807, 2.05) is 0 Å². The lowest BCUT2D eigenvalue weighted by molar-refractivity contribution is 0.0409. The molecule has 1 unspecified atom stereocenters. The number of hydrogen-bond acceptors (Lipinski definition) is 3. The zero-order chi connectivity index (χ0) is 15.0. The summed E-state index contributed by atoms with van der Waals surface area (Å²) in [6.07, 6.45) is 1.47. The van der Waals surface area contributed by atoms with Crippen LogP contribution < -0.4 is 5.32 Å². The van der Waals surface area contributed by atoms with E-state index in [0.717, 1.165) is 12.8 Å². The molecule has 0 heterocycles. The Morgan fingerprint density at radius 2 is 2.15 bits per heavy atom. The first-order valence-corrected chi connectivity index (χ1v) is 7.73. The van der Waals surface area contributed by atoms with E-state index >= 15 is 0 Å². The number of anilines is 1. The molecule has 0 saturated carbocycles. The normalized spacial score (nSPS) is 12.7. The monoisotopic (exact) mass is 347 g/mol. The molecule has 5 heteroatoms. The molecule has 1 rings (SSSR count). The third kappa shape index (κ3) is 6.68. The summed E-state index contributed by atoms with van der Waals surface area (Å²) in [7, 11) is 0. The number of aliphatic hydroxyl groups excluding tert-OH is 1. The maximum atomic E-state index is 13.5. The van der Waals surface area contributed by atoms with E-state index in [4.69, 9.17) is 4.74 Å². The number of halogens is 2. The molecule has 0 saturated heterocycles. The molecule has 0 radical (unpaired) electrons. The smallest absolute Gasteiger partial charge is 0.147 e. The Balaban J connectivity index is 2.21. The van der Waals surface area contributed by atoms with Gasteiger partial charge in [-0.25, -0.2) is 4.39 Å². The Kier molecular flexibility index (Phi) is 8.11. The largest absolute Gasteiger partial charge is 0.389 e. The molecule has 0 bridgehead atoms. The molecule has 114 valence electrons. The molecule has 2 N–H and O–H groups in total. The first kappa shape index (κ1) is 17.4. The van der Waals surface area contributed by atoms with Gasteiger partial charge in [0, 0.05) is 17.6 Å². The Morgan fingerprint density at radius 1 is 1.40 bits per heavy atom. The van der Waals surface area contributed by atoms with Gasteiger partial charge in [-0.1, -0.05) is 19.9 Å². The van der Waals surface area contributed by atoms with Crippen LogP contribution in [0.2, 0.25) is 0 Å². The van der Waals surface area contributed by atoms with E-state index in [1.54, 1.807) is 12.1 Å². The van der Waals surface area contributed by atoms with Crippen molar-refractivity contribution >= 4 is 21.6 Å². The van der Waals surface area contributed by atoms with E-state index in [-0.39, 0.29) is 19.0 Å². The summed E-state index contributed by atoms with van der Waals surface area (Å²) in [4.78, 5) is 0. The average Bonchev–Trinajstić information content (AvgIpc) is 2.37. The fourth-order valence-electron chi connectivity index (χ4n) is 1.76. The lowest BCUT2D eigenvalue weighted by atomic mass is 10.1. The van der Waals surface area contributed by atoms with E-state index in [2.05, 4.69) is 35.1 Å². The minimum atomic E-state index is -0.652. The maximum Gasteiger partial charge on any atom is 0.147 e. The molecular formula is C15H23BrFNO2. The Bertz CT molecular complexity index is 381. The molecule has 0 amide bonds. The molecular weight excluding hydrogens is 325 g/mol. The molecule has 1 atom stereocenters. The highest BCUT2D eigenvalue weighted by Crippen LogP contribution is 2.24. The number of aliphatic hydroxyl groups is 1. The van der Waals surface area contributed by atoms with Crippen LogP contribution in [0.1, 0.15) is 26.7 Å². The molecule has 0 aromatic heterocycles. The van der Waals surface area contributed by atoms with Crippen molar-refractivity contribution in [3.63, 3.8) is 0 Å². The van der Waals surface area contributed by atoms with E-state index in [1.165, 1.54) is 6.07 Å². The summed E-state index contributed by atoms with van der Waals surface area (Å²) in [5, 5.41) is 12.7. The molecule has 1 aromatic rings. The van der Waals surface area contributed by atoms with Gasteiger partial charge in [-0.2, -0.15) is 0 Å². The van der Waals surface area contributed by atoms with Crippen molar-refractivity contribution in [2.24, 2.45) is 5.92 Å². The zero-order valence-corrected chi connectivity index (χ0v) is 13.6. The summed E-state index contributed by atoms with van der Waals surface area (Å²) < 4.78 is 19.6. The quantitative estimate of drug-likeness (QED) is 0.667. The van der Waals surface area contributed by atoms with Crippen LogP contribution in [-0.4, -0.2) is 31.0 Å². The number of ether oxygens (including phenoxy) is 1. The molecule has 20 heavy (non-hydrogen) atoms. The van der Waals surface area contributed by atoms with Gasteiger partial charge in [0.1, 0.15) is 5.82 Å². The summed E-state index contributed by atoms with van der Waals surface area (Å²) in [6.45, 7) is 5.51. The van der Waals surface area contributed by atoms with Gasteiger partial charge in [0.25, 0.3) is 0 Å². The molecule has 3 nitrogen and oxygen atoms in total. The molecule has 0 aliphatic rings. The van der Waals surface area contributed by atoms with Crippen molar-refractivity contribution in [2.45, 2.75) is 32.8 Å². The van der Waals surface area contributed by atoms with Crippen molar-refractivity contribution < 1.29 is 14.2 Å². The van der Waals surface area contributed by atoms with Crippen molar-refractivity contribution in [1.29, 1.82) is 0 Å². The maximum absolute atomic E-state index is 13.5. The molecule has 0 fully saturated rings. The van der Waals surface area contributed by atoms with Crippen LogP contribution in [0, 0.1) is 11.7 Å². The summed E-state index contributed by atoms with van der Waals surface area (Å²) >= 11 is 3.27. The Hall–Kier alpha value is -0.650. The highest BCUT2D eigenvalue weighted by atomic mass is 79.9. The van der Waals surface area contributed by atoms with Crippen LogP contribution in [0.4, 0.5) is 10.1 Å². The van der Waals surface area contributed by atoms with Crippen LogP contribution in [-0.2, 0) is 4.74 Å². The number of para-hydroxylation sites is 1. The van der Waals surface area contributed by atoms with Crippen molar-refractivity contribution in [3.8, 4) is 0 Å². The van der Waals surface area contributed by atoms with Crippen molar-refractivity contribution in [3.05, 3.63) is 28.5 Å². The van der Waals surface area contributed by atoms with Gasteiger partial charge in [0.15, 0.2) is 0 Å². The number of hydrogen-bond donors (Lipinski definition) is 2. The fraction of sp³-hybridized carbons (Fsp3) is 0.600. The lowest BCUT2D eigenvalue weighted by Crippen LogP contribution is -2.25. The first-order chi connectivity index (χ1) is 9.50. The average molecular weight is 348 g/mol. The number of nitrogens with one attached hydrogen (secondary N) is 1. The van der Waals surface area contributed by atoms with Crippen molar-refractivity contribution in [1.82, 2.24) is 0 Å². The first-order valence-electron chi connectivity index (χ1n) is 6.94. The minimum Gasteiger partial charge on any atom is -0.389 e. The van der Waals surface area contributed by atoms with Crippen molar-refractivity contribution in [2.75, 3.05) is 25.1 Å². The van der Waals surface area contributed by atoms with Crippen LogP contribution in [0.5, 0.6) is 0 Å². The predicted octanol–water partition coefficient (Wildman–Crippen LogP) is 3.81. The zero-order valence-electron chi connectivity index (χ0n) is 12.0. The van der Waals surface area contributed by atoms with Crippen LogP contribution in [0.15, 0.2) is 22.7 Å². The minimum absolute atomic E-state index is 0.254. The fourth-order valence-corrected chi connectivity index (χ4v) is 2.24.